The molecule has 2 aromatic carbocycles. The maximum Gasteiger partial charge on any atom is 0.338 e. The number of nitrogens with one attached hydrogen (secondary N) is 1. The number of benzene rings is 2. The highest BCUT2D eigenvalue weighted by Gasteiger charge is 2.22. The molecule has 0 aliphatic rings. The fourth-order valence-electron chi connectivity index (χ4n) is 3.02. The first-order valence-corrected chi connectivity index (χ1v) is 11.8. The summed E-state index contributed by atoms with van der Waals surface area (Å²) in [5, 5.41) is 2.65. The molecule has 9 heteroatoms. The number of carbonyl (C=O) groups excluding carboxylic acids is 2. The topological polar surface area (TPSA) is 96.0 Å². The summed E-state index contributed by atoms with van der Waals surface area (Å²) >= 11 is 0. The van der Waals surface area contributed by atoms with Crippen molar-refractivity contribution in [1.82, 2.24) is 4.31 Å². The van der Waals surface area contributed by atoms with Gasteiger partial charge in [-0.1, -0.05) is 6.07 Å². The smallest absolute Gasteiger partial charge is 0.338 e. The van der Waals surface area contributed by atoms with Crippen LogP contribution in [0.15, 0.2) is 47.4 Å². The Morgan fingerprint density at radius 1 is 1.03 bits per heavy atom. The summed E-state index contributed by atoms with van der Waals surface area (Å²) in [4.78, 5) is 27.3. The first kappa shape index (κ1) is 25.4. The van der Waals surface area contributed by atoms with Crippen LogP contribution in [0.1, 0.15) is 36.7 Å². The number of carbonyl (C=O) groups is 2. The van der Waals surface area contributed by atoms with Crippen LogP contribution in [0, 0.1) is 6.92 Å². The molecule has 0 aliphatic carbocycles. The second-order valence-electron chi connectivity index (χ2n) is 7.52. The lowest BCUT2D eigenvalue weighted by molar-refractivity contribution is -0.123. The second-order valence-corrected chi connectivity index (χ2v) is 9.67. The maximum atomic E-state index is 12.6. The van der Waals surface area contributed by atoms with Gasteiger partial charge >= 0.3 is 5.97 Å². The highest BCUT2D eigenvalue weighted by Crippen LogP contribution is 2.22. The molecule has 0 fully saturated rings. The average molecular weight is 462 g/mol. The zero-order valence-electron chi connectivity index (χ0n) is 19.4. The van der Waals surface area contributed by atoms with Gasteiger partial charge < -0.3 is 15.0 Å². The Morgan fingerprint density at radius 2 is 1.62 bits per heavy atom. The Labute approximate surface area is 190 Å². The molecule has 2 rings (SSSR count). The maximum absolute atomic E-state index is 12.6. The molecule has 0 spiro atoms. The van der Waals surface area contributed by atoms with Crippen LogP contribution >= 0.6 is 0 Å². The molecule has 2 aromatic rings. The van der Waals surface area contributed by atoms with E-state index in [0.717, 1.165) is 23.1 Å². The number of rotatable bonds is 9. The average Bonchev–Trinajstić information content (AvgIpc) is 2.76. The summed E-state index contributed by atoms with van der Waals surface area (Å²) < 4.78 is 31.1. The molecule has 0 saturated heterocycles. The summed E-state index contributed by atoms with van der Waals surface area (Å²) in [7, 11) is -0.780. The Morgan fingerprint density at radius 3 is 2.16 bits per heavy atom. The number of nitrogens with zero attached hydrogens (tertiary/aromatic N) is 2. The van der Waals surface area contributed by atoms with Crippen molar-refractivity contribution >= 4 is 33.3 Å². The van der Waals surface area contributed by atoms with Gasteiger partial charge in [0.2, 0.25) is 10.0 Å². The van der Waals surface area contributed by atoms with E-state index in [1.54, 1.807) is 25.1 Å². The van der Waals surface area contributed by atoms with Crippen molar-refractivity contribution in [3.05, 3.63) is 53.6 Å². The summed E-state index contributed by atoms with van der Waals surface area (Å²) in [5.41, 5.74) is 2.36. The lowest BCUT2D eigenvalue weighted by atomic mass is 10.2. The predicted molar refractivity (Wildman–Crippen MR) is 126 cm³/mol. The Hall–Kier alpha value is -2.91. The normalized spacial score (nSPS) is 12.3. The van der Waals surface area contributed by atoms with Crippen LogP contribution in [0.25, 0.3) is 0 Å². The number of amides is 1. The molecule has 1 unspecified atom stereocenters. The van der Waals surface area contributed by atoms with Crippen LogP contribution < -0.4 is 10.2 Å². The van der Waals surface area contributed by atoms with Gasteiger partial charge in [0.05, 0.1) is 10.5 Å². The molecule has 32 heavy (non-hydrogen) atoms. The molecule has 174 valence electrons. The van der Waals surface area contributed by atoms with Crippen LogP contribution in [0.5, 0.6) is 0 Å². The third-order valence-corrected chi connectivity index (χ3v) is 6.94. The third kappa shape index (κ3) is 5.86. The molecule has 0 aliphatic heterocycles. The zero-order valence-corrected chi connectivity index (χ0v) is 20.2. The van der Waals surface area contributed by atoms with E-state index in [1.807, 2.05) is 12.1 Å². The van der Waals surface area contributed by atoms with E-state index in [1.165, 1.54) is 33.2 Å². The fraction of sp³-hybridized carbons (Fsp3) is 0.391. The van der Waals surface area contributed by atoms with Crippen LogP contribution in [-0.2, 0) is 19.6 Å². The number of sulfonamides is 1. The molecule has 0 saturated carbocycles. The van der Waals surface area contributed by atoms with Gasteiger partial charge in [-0.15, -0.1) is 0 Å². The van der Waals surface area contributed by atoms with Gasteiger partial charge in [-0.2, -0.15) is 0 Å². The van der Waals surface area contributed by atoms with Gasteiger partial charge in [0.25, 0.3) is 5.91 Å². The van der Waals surface area contributed by atoms with E-state index in [4.69, 9.17) is 4.74 Å². The summed E-state index contributed by atoms with van der Waals surface area (Å²) in [6.45, 7) is 9.03. The number of aryl methyl sites for hydroxylation is 1. The predicted octanol–water partition coefficient (Wildman–Crippen LogP) is 3.28. The van der Waals surface area contributed by atoms with E-state index >= 15 is 0 Å². The van der Waals surface area contributed by atoms with Gasteiger partial charge in [-0.3, -0.25) is 4.79 Å². The molecule has 8 nitrogen and oxygen atoms in total. The molecule has 1 N–H and O–H groups in total. The second kappa shape index (κ2) is 10.6. The number of anilines is 2. The molecule has 0 radical (unpaired) electrons. The van der Waals surface area contributed by atoms with Crippen molar-refractivity contribution in [2.75, 3.05) is 37.4 Å². The summed E-state index contributed by atoms with van der Waals surface area (Å²) in [6.07, 6.45) is -1.07. The van der Waals surface area contributed by atoms with E-state index in [2.05, 4.69) is 24.1 Å². The minimum atomic E-state index is -3.65. The van der Waals surface area contributed by atoms with E-state index in [9.17, 15) is 18.0 Å². The lowest BCUT2D eigenvalue weighted by Crippen LogP contribution is -2.30. The van der Waals surface area contributed by atoms with Crippen molar-refractivity contribution < 1.29 is 22.7 Å². The molecule has 1 amide bonds. The molecular weight excluding hydrogens is 430 g/mol. The largest absolute Gasteiger partial charge is 0.449 e. The Bertz CT molecular complexity index is 1060. The molecule has 1 atom stereocenters. The van der Waals surface area contributed by atoms with Crippen molar-refractivity contribution in [1.29, 1.82) is 0 Å². The molecule has 0 aromatic heterocycles. The van der Waals surface area contributed by atoms with E-state index < -0.39 is 28.0 Å². The minimum absolute atomic E-state index is 0.0568. The van der Waals surface area contributed by atoms with Gasteiger partial charge in [-0.25, -0.2) is 17.5 Å². The lowest BCUT2D eigenvalue weighted by Gasteiger charge is -2.21. The standard InChI is InChI=1S/C23H31N3O5S/c1-7-26(8-2)19-12-10-18(11-13-19)23(28)31-17(4)22(27)24-21-15-20(14-9-16(21)3)32(29,30)25(5)6/h9-15,17H,7-8H2,1-6H3,(H,24,27). The van der Waals surface area contributed by atoms with Crippen molar-refractivity contribution in [3.8, 4) is 0 Å². The summed E-state index contributed by atoms with van der Waals surface area (Å²) in [6, 6.07) is 11.5. The number of hydrogen-bond donors (Lipinski definition) is 1. The third-order valence-electron chi connectivity index (χ3n) is 5.13. The van der Waals surface area contributed by atoms with E-state index in [-0.39, 0.29) is 4.90 Å². The van der Waals surface area contributed by atoms with Crippen LogP contribution in [-0.4, -0.2) is 57.9 Å². The summed E-state index contributed by atoms with van der Waals surface area (Å²) in [5.74, 6) is -1.17. The highest BCUT2D eigenvalue weighted by molar-refractivity contribution is 7.89. The van der Waals surface area contributed by atoms with Crippen molar-refractivity contribution in [2.24, 2.45) is 0 Å². The fourth-order valence-corrected chi connectivity index (χ4v) is 3.95. The van der Waals surface area contributed by atoms with Crippen LogP contribution in [0.2, 0.25) is 0 Å². The SMILES string of the molecule is CCN(CC)c1ccc(C(=O)OC(C)C(=O)Nc2cc(S(=O)(=O)N(C)C)ccc2C)cc1. The Kier molecular flexibility index (Phi) is 8.40. The molecule has 0 heterocycles. The van der Waals surface area contributed by atoms with Gasteiger partial charge in [0.15, 0.2) is 6.10 Å². The molecule has 0 bridgehead atoms. The first-order valence-electron chi connectivity index (χ1n) is 10.4. The quantitative estimate of drug-likeness (QED) is 0.576. The zero-order chi connectivity index (χ0) is 24.1. The van der Waals surface area contributed by atoms with Crippen LogP contribution in [0.3, 0.4) is 0 Å². The van der Waals surface area contributed by atoms with Gasteiger partial charge in [0.1, 0.15) is 0 Å². The first-order chi connectivity index (χ1) is 15.0. The highest BCUT2D eigenvalue weighted by atomic mass is 32.2. The number of hydrogen-bond acceptors (Lipinski definition) is 6. The Balaban J connectivity index is 2.09. The molecular formula is C23H31N3O5S. The van der Waals surface area contributed by atoms with Gasteiger partial charge in [-0.05, 0) is 69.7 Å². The number of ether oxygens (including phenoxy) is 1. The monoisotopic (exact) mass is 461 g/mol. The van der Waals surface area contributed by atoms with Crippen LogP contribution in [0.4, 0.5) is 11.4 Å². The number of esters is 1. The van der Waals surface area contributed by atoms with Crippen molar-refractivity contribution in [3.63, 3.8) is 0 Å². The van der Waals surface area contributed by atoms with Gasteiger partial charge in [0, 0.05) is 38.6 Å². The minimum Gasteiger partial charge on any atom is -0.449 e. The van der Waals surface area contributed by atoms with E-state index in [0.29, 0.717) is 16.8 Å². The van der Waals surface area contributed by atoms with Crippen molar-refractivity contribution in [2.45, 2.75) is 38.7 Å².